The Morgan fingerprint density at radius 1 is 1.42 bits per heavy atom. The molecule has 0 spiro atoms. The zero-order valence-corrected chi connectivity index (χ0v) is 10.6. The predicted molar refractivity (Wildman–Crippen MR) is 71.7 cm³/mol. The van der Waals surface area contributed by atoms with E-state index in [9.17, 15) is 5.11 Å². The number of hydrogen-bond acceptors (Lipinski definition) is 4. The molecule has 0 amide bonds. The lowest BCUT2D eigenvalue weighted by Gasteiger charge is -2.22. The SMILES string of the molecule is Oc1cccc(-n2cc(OC3CCCNC3)cn2)c1. The Morgan fingerprint density at radius 2 is 2.37 bits per heavy atom. The molecule has 0 radical (unpaired) electrons. The number of phenolic OH excluding ortho intramolecular Hbond substituents is 1. The Bertz CT molecular complexity index is 547. The van der Waals surface area contributed by atoms with Crippen LogP contribution in [-0.4, -0.2) is 34.1 Å². The smallest absolute Gasteiger partial charge is 0.158 e. The van der Waals surface area contributed by atoms with E-state index in [1.54, 1.807) is 29.1 Å². The first-order valence-electron chi connectivity index (χ1n) is 6.53. The van der Waals surface area contributed by atoms with Gasteiger partial charge in [0.05, 0.1) is 18.1 Å². The quantitative estimate of drug-likeness (QED) is 0.881. The minimum Gasteiger partial charge on any atom is -0.508 e. The Hall–Kier alpha value is -2.01. The van der Waals surface area contributed by atoms with E-state index in [2.05, 4.69) is 10.4 Å². The molecule has 1 fully saturated rings. The van der Waals surface area contributed by atoms with Crippen molar-refractivity contribution in [2.75, 3.05) is 13.1 Å². The highest BCUT2D eigenvalue weighted by molar-refractivity contribution is 5.38. The van der Waals surface area contributed by atoms with Crippen LogP contribution in [0.5, 0.6) is 11.5 Å². The van der Waals surface area contributed by atoms with Crippen LogP contribution in [-0.2, 0) is 0 Å². The fourth-order valence-corrected chi connectivity index (χ4v) is 2.26. The van der Waals surface area contributed by atoms with Crippen molar-refractivity contribution in [3.8, 4) is 17.2 Å². The number of hydrogen-bond donors (Lipinski definition) is 2. The van der Waals surface area contributed by atoms with Crippen LogP contribution in [0.1, 0.15) is 12.8 Å². The summed E-state index contributed by atoms with van der Waals surface area (Å²) >= 11 is 0. The lowest BCUT2D eigenvalue weighted by atomic mass is 10.1. The average molecular weight is 259 g/mol. The molecule has 5 heteroatoms. The van der Waals surface area contributed by atoms with Crippen LogP contribution in [0, 0.1) is 0 Å². The number of piperidine rings is 1. The van der Waals surface area contributed by atoms with Crippen LogP contribution in [0.25, 0.3) is 5.69 Å². The first-order valence-corrected chi connectivity index (χ1v) is 6.53. The van der Waals surface area contributed by atoms with Gasteiger partial charge in [0, 0.05) is 12.6 Å². The minimum atomic E-state index is 0.218. The van der Waals surface area contributed by atoms with Gasteiger partial charge in [-0.1, -0.05) is 6.07 Å². The summed E-state index contributed by atoms with van der Waals surface area (Å²) in [4.78, 5) is 0. The molecule has 0 aliphatic carbocycles. The van der Waals surface area contributed by atoms with Crippen LogP contribution in [0.4, 0.5) is 0 Å². The number of aromatic hydroxyl groups is 1. The Labute approximate surface area is 111 Å². The number of benzene rings is 1. The second kappa shape index (κ2) is 5.32. The first-order chi connectivity index (χ1) is 9.31. The molecular formula is C14H17N3O2. The van der Waals surface area contributed by atoms with Gasteiger partial charge in [0.25, 0.3) is 0 Å². The van der Waals surface area contributed by atoms with E-state index < -0.39 is 0 Å². The monoisotopic (exact) mass is 259 g/mol. The topological polar surface area (TPSA) is 59.3 Å². The van der Waals surface area contributed by atoms with Crippen molar-refractivity contribution >= 4 is 0 Å². The van der Waals surface area contributed by atoms with E-state index in [0.29, 0.717) is 0 Å². The van der Waals surface area contributed by atoms with E-state index >= 15 is 0 Å². The second-order valence-corrected chi connectivity index (χ2v) is 4.73. The maximum Gasteiger partial charge on any atom is 0.158 e. The van der Waals surface area contributed by atoms with Gasteiger partial charge in [-0.3, -0.25) is 0 Å². The van der Waals surface area contributed by atoms with E-state index in [1.165, 1.54) is 0 Å². The summed E-state index contributed by atoms with van der Waals surface area (Å²) < 4.78 is 7.58. The normalized spacial score (nSPS) is 19.3. The third-order valence-corrected chi connectivity index (χ3v) is 3.21. The molecule has 5 nitrogen and oxygen atoms in total. The molecule has 3 rings (SSSR count). The average Bonchev–Trinajstić information content (AvgIpc) is 2.88. The first kappa shape index (κ1) is 12.0. The van der Waals surface area contributed by atoms with Crippen molar-refractivity contribution in [3.05, 3.63) is 36.7 Å². The molecule has 1 atom stereocenters. The van der Waals surface area contributed by atoms with Gasteiger partial charge < -0.3 is 15.2 Å². The number of phenols is 1. The van der Waals surface area contributed by atoms with Gasteiger partial charge in [0.1, 0.15) is 11.9 Å². The van der Waals surface area contributed by atoms with Gasteiger partial charge in [-0.2, -0.15) is 5.10 Å². The van der Waals surface area contributed by atoms with Crippen LogP contribution in [0.2, 0.25) is 0 Å². The summed E-state index contributed by atoms with van der Waals surface area (Å²) in [6, 6.07) is 6.98. The molecule has 1 unspecified atom stereocenters. The lowest BCUT2D eigenvalue weighted by Crippen LogP contribution is -2.37. The van der Waals surface area contributed by atoms with Crippen molar-refractivity contribution in [1.82, 2.24) is 15.1 Å². The van der Waals surface area contributed by atoms with E-state index in [1.807, 2.05) is 12.3 Å². The lowest BCUT2D eigenvalue weighted by molar-refractivity contribution is 0.167. The van der Waals surface area contributed by atoms with Crippen LogP contribution < -0.4 is 10.1 Å². The number of ether oxygens (including phenoxy) is 1. The number of rotatable bonds is 3. The molecule has 19 heavy (non-hydrogen) atoms. The molecular weight excluding hydrogens is 242 g/mol. The highest BCUT2D eigenvalue weighted by atomic mass is 16.5. The number of nitrogens with one attached hydrogen (secondary N) is 1. The van der Waals surface area contributed by atoms with Gasteiger partial charge in [-0.05, 0) is 31.5 Å². The van der Waals surface area contributed by atoms with Crippen molar-refractivity contribution in [2.45, 2.75) is 18.9 Å². The number of nitrogens with zero attached hydrogens (tertiary/aromatic N) is 2. The zero-order chi connectivity index (χ0) is 13.1. The summed E-state index contributed by atoms with van der Waals surface area (Å²) in [5.74, 6) is 0.990. The molecule has 1 aliphatic heterocycles. The van der Waals surface area contributed by atoms with E-state index in [0.717, 1.165) is 37.4 Å². The maximum absolute atomic E-state index is 9.46. The van der Waals surface area contributed by atoms with Crippen molar-refractivity contribution in [1.29, 1.82) is 0 Å². The van der Waals surface area contributed by atoms with Crippen LogP contribution in [0.15, 0.2) is 36.7 Å². The molecule has 1 aromatic carbocycles. The molecule has 100 valence electrons. The second-order valence-electron chi connectivity index (χ2n) is 4.73. The standard InChI is InChI=1S/C14H17N3O2/c18-12-4-1-3-11(7-12)17-10-14(9-16-17)19-13-5-2-6-15-8-13/h1,3-4,7,9-10,13,15,18H,2,5-6,8H2. The zero-order valence-electron chi connectivity index (χ0n) is 10.6. The molecule has 0 bridgehead atoms. The summed E-state index contributed by atoms with van der Waals surface area (Å²) in [5.41, 5.74) is 0.816. The van der Waals surface area contributed by atoms with Crippen molar-refractivity contribution < 1.29 is 9.84 Å². The molecule has 1 aromatic heterocycles. The van der Waals surface area contributed by atoms with Gasteiger partial charge in [-0.15, -0.1) is 0 Å². The fraction of sp³-hybridized carbons (Fsp3) is 0.357. The van der Waals surface area contributed by atoms with Crippen molar-refractivity contribution in [2.24, 2.45) is 0 Å². The van der Waals surface area contributed by atoms with Gasteiger partial charge in [0.15, 0.2) is 5.75 Å². The fourth-order valence-electron chi connectivity index (χ4n) is 2.26. The van der Waals surface area contributed by atoms with Gasteiger partial charge in [-0.25, -0.2) is 4.68 Å². The third-order valence-electron chi connectivity index (χ3n) is 3.21. The summed E-state index contributed by atoms with van der Waals surface area (Å²) in [7, 11) is 0. The van der Waals surface area contributed by atoms with Gasteiger partial charge >= 0.3 is 0 Å². The minimum absolute atomic E-state index is 0.218. The van der Waals surface area contributed by atoms with E-state index in [-0.39, 0.29) is 11.9 Å². The Balaban J connectivity index is 1.72. The van der Waals surface area contributed by atoms with Gasteiger partial charge in [0.2, 0.25) is 0 Å². The summed E-state index contributed by atoms with van der Waals surface area (Å²) in [5, 5.41) is 17.0. The highest BCUT2D eigenvalue weighted by Crippen LogP contribution is 2.19. The van der Waals surface area contributed by atoms with Crippen LogP contribution in [0.3, 0.4) is 0 Å². The molecule has 2 N–H and O–H groups in total. The van der Waals surface area contributed by atoms with Crippen LogP contribution >= 0.6 is 0 Å². The molecule has 2 aromatic rings. The van der Waals surface area contributed by atoms with Crippen molar-refractivity contribution in [3.63, 3.8) is 0 Å². The molecule has 1 saturated heterocycles. The predicted octanol–water partition coefficient (Wildman–Crippen LogP) is 1.71. The maximum atomic E-state index is 9.46. The molecule has 1 aliphatic rings. The largest absolute Gasteiger partial charge is 0.508 e. The van der Waals surface area contributed by atoms with E-state index in [4.69, 9.17) is 4.74 Å². The Morgan fingerprint density at radius 3 is 3.16 bits per heavy atom. The summed E-state index contributed by atoms with van der Waals surface area (Å²) in [6.07, 6.45) is 5.98. The Kier molecular flexibility index (Phi) is 3.37. The number of aromatic nitrogens is 2. The third kappa shape index (κ3) is 2.88. The molecule has 2 heterocycles. The highest BCUT2D eigenvalue weighted by Gasteiger charge is 2.15. The molecule has 0 saturated carbocycles. The summed E-state index contributed by atoms with van der Waals surface area (Å²) in [6.45, 7) is 1.96.